The normalized spacial score (nSPS) is 20.1. The van der Waals surface area contributed by atoms with Crippen LogP contribution < -0.4 is 22.1 Å². The minimum absolute atomic E-state index is 0.00918. The SMILES string of the molecule is CC[C@@H](C)C(=O)N[C@H](C(=O)N1C[C@@H](N)C[C@H]1CN(CCc1ccccc1)C(=O)CCC(=O)c1ccc(-c2ccc(C(=O)NCC(=O)N(CCc3ccccc3)C[C@@H]3C[C@H](N)CN3C(=O)[C@@H](CC(=O)C(C)C)C3CCCCC3)cc2)cc1)C1CCCCC1. The minimum atomic E-state index is -0.650. The summed E-state index contributed by atoms with van der Waals surface area (Å²) in [5.41, 5.74) is 17.8. The highest BCUT2D eigenvalue weighted by molar-refractivity contribution is 5.99. The number of carbonyl (C=O) groups is 8. The Morgan fingerprint density at radius 3 is 1.56 bits per heavy atom. The van der Waals surface area contributed by atoms with Crippen LogP contribution in [0.25, 0.3) is 11.1 Å². The average molecular weight is 1190 g/mol. The maximum Gasteiger partial charge on any atom is 0.251 e. The van der Waals surface area contributed by atoms with E-state index in [0.29, 0.717) is 69.4 Å². The molecule has 4 aromatic rings. The van der Waals surface area contributed by atoms with E-state index in [4.69, 9.17) is 11.5 Å². The van der Waals surface area contributed by atoms with E-state index in [1.165, 1.54) is 0 Å². The van der Waals surface area contributed by atoms with Crippen LogP contribution in [0, 0.1) is 29.6 Å². The average Bonchev–Trinajstić information content (AvgIpc) is 2.63. The highest BCUT2D eigenvalue weighted by atomic mass is 16.2. The zero-order chi connectivity index (χ0) is 62.0. The number of hydrogen-bond acceptors (Lipinski definition) is 10. The Balaban J connectivity index is 0.874. The van der Waals surface area contributed by atoms with E-state index >= 15 is 0 Å². The molecule has 2 aliphatic heterocycles. The van der Waals surface area contributed by atoms with Crippen LogP contribution in [-0.2, 0) is 41.6 Å². The second-order valence-corrected chi connectivity index (χ2v) is 25.7. The van der Waals surface area contributed by atoms with E-state index in [1.807, 2.05) is 122 Å². The van der Waals surface area contributed by atoms with Crippen molar-refractivity contribution in [3.8, 4) is 11.1 Å². The molecule has 4 aromatic carbocycles. The molecule has 468 valence electrons. The lowest BCUT2D eigenvalue weighted by Crippen LogP contribution is -2.56. The number of nitrogens with two attached hydrogens (primary N) is 2. The van der Waals surface area contributed by atoms with Gasteiger partial charge >= 0.3 is 0 Å². The van der Waals surface area contributed by atoms with Crippen LogP contribution in [0.5, 0.6) is 0 Å². The first-order chi connectivity index (χ1) is 42.0. The van der Waals surface area contributed by atoms with E-state index in [1.54, 1.807) is 34.1 Å². The summed E-state index contributed by atoms with van der Waals surface area (Å²) >= 11 is 0. The second kappa shape index (κ2) is 32.3. The van der Waals surface area contributed by atoms with Crippen molar-refractivity contribution >= 4 is 47.0 Å². The van der Waals surface area contributed by atoms with Crippen molar-refractivity contribution in [2.24, 2.45) is 41.1 Å². The zero-order valence-corrected chi connectivity index (χ0v) is 52.1. The maximum absolute atomic E-state index is 14.6. The van der Waals surface area contributed by atoms with Crippen LogP contribution in [0.3, 0.4) is 0 Å². The van der Waals surface area contributed by atoms with Crippen molar-refractivity contribution in [1.82, 2.24) is 30.2 Å². The lowest BCUT2D eigenvalue weighted by Gasteiger charge is -2.37. The summed E-state index contributed by atoms with van der Waals surface area (Å²) in [6.07, 6.45) is 13.0. The van der Waals surface area contributed by atoms with Gasteiger partial charge in [-0.05, 0) is 104 Å². The first-order valence-electron chi connectivity index (χ1n) is 32.6. The topological polar surface area (TPSA) is 226 Å². The van der Waals surface area contributed by atoms with E-state index in [2.05, 4.69) is 10.6 Å². The summed E-state index contributed by atoms with van der Waals surface area (Å²) in [5.74, 6) is -1.89. The molecule has 0 spiro atoms. The van der Waals surface area contributed by atoms with Crippen molar-refractivity contribution in [2.75, 3.05) is 45.8 Å². The van der Waals surface area contributed by atoms with Crippen molar-refractivity contribution in [2.45, 2.75) is 173 Å². The number of nitrogens with one attached hydrogen (secondary N) is 2. The van der Waals surface area contributed by atoms with Gasteiger partial charge in [-0.1, -0.05) is 163 Å². The molecule has 0 radical (unpaired) electrons. The third-order valence-electron chi connectivity index (χ3n) is 19.1. The molecule has 6 N–H and O–H groups in total. The summed E-state index contributed by atoms with van der Waals surface area (Å²) < 4.78 is 0. The summed E-state index contributed by atoms with van der Waals surface area (Å²) in [7, 11) is 0. The molecule has 87 heavy (non-hydrogen) atoms. The van der Waals surface area contributed by atoms with Gasteiger partial charge in [-0.15, -0.1) is 0 Å². The molecule has 2 saturated carbocycles. The third-order valence-corrected chi connectivity index (χ3v) is 19.1. The molecular weight excluding hydrogens is 1090 g/mol. The molecule has 2 heterocycles. The molecule has 8 rings (SSSR count). The fourth-order valence-electron chi connectivity index (χ4n) is 13.5. The van der Waals surface area contributed by atoms with Gasteiger partial charge in [-0.3, -0.25) is 38.4 Å². The molecule has 4 fully saturated rings. The van der Waals surface area contributed by atoms with Crippen LogP contribution in [0.2, 0.25) is 0 Å². The third kappa shape index (κ3) is 18.5. The molecular formula is C71H96N8O8. The molecule has 16 nitrogen and oxygen atoms in total. The summed E-state index contributed by atoms with van der Waals surface area (Å²) in [6, 6.07) is 32.1. The standard InChI is InChI=1S/C71H96N8O8/c1-5-49(4)68(84)75-67(56-24-16-9-17-25-56)71(87)79-45-59(73)41-61(79)46-76(38-36-50-18-10-6-11-19-50)65(82)35-34-63(80)55-30-26-52(27-31-55)53-28-32-57(33-29-53)69(85)74-43-66(83)77(39-37-51-20-12-7-13-21-51)47-60-40-58(72)44-78(60)70(86)62(42-64(81)48(2)3)54-22-14-8-15-23-54/h6-7,10-13,18-21,26-33,48-49,54,56,58-62,67H,5,8-9,14-17,22-25,34-47,72-73H2,1-4H3,(H,74,85)(H,75,84)/t49-,58+,59+,60+,61+,62+,67+/m1/s1. The number of amides is 6. The van der Waals surface area contributed by atoms with Crippen LogP contribution in [0.1, 0.15) is 162 Å². The molecule has 16 heteroatoms. The molecule has 6 amide bonds. The Labute approximate surface area is 516 Å². The van der Waals surface area contributed by atoms with Crippen molar-refractivity contribution < 1.29 is 38.4 Å². The van der Waals surface area contributed by atoms with E-state index in [9.17, 15) is 38.4 Å². The number of carbonyl (C=O) groups excluding carboxylic acids is 8. The highest BCUT2D eigenvalue weighted by Gasteiger charge is 2.43. The number of benzene rings is 4. The lowest BCUT2D eigenvalue weighted by molar-refractivity contribution is -0.143. The predicted molar refractivity (Wildman–Crippen MR) is 340 cm³/mol. The smallest absolute Gasteiger partial charge is 0.251 e. The lowest BCUT2D eigenvalue weighted by atomic mass is 9.76. The van der Waals surface area contributed by atoms with Gasteiger partial charge in [0.05, 0.1) is 18.6 Å². The number of rotatable bonds is 28. The fourth-order valence-corrected chi connectivity index (χ4v) is 13.5. The van der Waals surface area contributed by atoms with Crippen LogP contribution in [0.4, 0.5) is 0 Å². The predicted octanol–water partition coefficient (Wildman–Crippen LogP) is 8.97. The van der Waals surface area contributed by atoms with E-state index < -0.39 is 17.9 Å². The van der Waals surface area contributed by atoms with E-state index in [0.717, 1.165) is 86.5 Å². The Kier molecular flexibility index (Phi) is 24.4. The Bertz CT molecular complexity index is 2930. The Morgan fingerprint density at radius 1 is 0.575 bits per heavy atom. The fraction of sp³-hybridized carbons (Fsp3) is 0.549. The number of ketones is 2. The first kappa shape index (κ1) is 65.9. The highest BCUT2D eigenvalue weighted by Crippen LogP contribution is 2.36. The van der Waals surface area contributed by atoms with Gasteiger partial charge in [0.25, 0.3) is 5.91 Å². The van der Waals surface area contributed by atoms with E-state index in [-0.39, 0.29) is 128 Å². The van der Waals surface area contributed by atoms with Gasteiger partial charge in [0.15, 0.2) is 5.78 Å². The second-order valence-electron chi connectivity index (χ2n) is 25.7. The molecule has 2 saturated heterocycles. The molecule has 0 bridgehead atoms. The number of nitrogens with zero attached hydrogens (tertiary/aromatic N) is 4. The molecule has 0 aromatic heterocycles. The first-order valence-corrected chi connectivity index (χ1v) is 32.6. The Morgan fingerprint density at radius 2 is 1.06 bits per heavy atom. The number of likely N-dealkylation sites (tertiary alicyclic amines) is 2. The van der Waals surface area contributed by atoms with Crippen molar-refractivity contribution in [3.05, 3.63) is 131 Å². The van der Waals surface area contributed by atoms with Gasteiger partial charge in [0.2, 0.25) is 29.5 Å². The summed E-state index contributed by atoms with van der Waals surface area (Å²) in [4.78, 5) is 119. The zero-order valence-electron chi connectivity index (χ0n) is 52.1. The van der Waals surface area contributed by atoms with Gasteiger partial charge < -0.3 is 41.7 Å². The minimum Gasteiger partial charge on any atom is -0.344 e. The van der Waals surface area contributed by atoms with Crippen LogP contribution >= 0.6 is 0 Å². The summed E-state index contributed by atoms with van der Waals surface area (Å²) in [6.45, 7) is 9.36. The van der Waals surface area contributed by atoms with Crippen LogP contribution in [-0.4, -0.2) is 143 Å². The van der Waals surface area contributed by atoms with Gasteiger partial charge in [-0.2, -0.15) is 0 Å². The maximum atomic E-state index is 14.6. The van der Waals surface area contributed by atoms with Crippen LogP contribution in [0.15, 0.2) is 109 Å². The molecule has 4 aliphatic rings. The van der Waals surface area contributed by atoms with Crippen molar-refractivity contribution in [3.63, 3.8) is 0 Å². The summed E-state index contributed by atoms with van der Waals surface area (Å²) in [5, 5.41) is 5.99. The quantitative estimate of drug-likeness (QED) is 0.0395. The molecule has 0 unspecified atom stereocenters. The number of Topliss-reactive ketones (excluding diaryl/α,β-unsaturated/α-hetero) is 2. The monoisotopic (exact) mass is 1190 g/mol. The van der Waals surface area contributed by atoms with Crippen molar-refractivity contribution in [1.29, 1.82) is 0 Å². The van der Waals surface area contributed by atoms with Gasteiger partial charge in [0.1, 0.15) is 11.8 Å². The van der Waals surface area contributed by atoms with Gasteiger partial charge in [-0.25, -0.2) is 0 Å². The Hall–Kier alpha value is -7.04. The van der Waals surface area contributed by atoms with Gasteiger partial charge in [0, 0.05) is 99.5 Å². The number of hydrogen-bond donors (Lipinski definition) is 4. The molecule has 2 aliphatic carbocycles. The largest absolute Gasteiger partial charge is 0.344 e. The molecule has 7 atom stereocenters.